The predicted octanol–water partition coefficient (Wildman–Crippen LogP) is 4.72. The Kier molecular flexibility index (Phi) is 8.27. The standard InChI is InChI=1S/C13H12F12O4/c1-4(6(26)28-8(10(14,15)16)11(17,18)19)3-5(2)7(27)29-9(12(20,21)22)13(23,24)25/h4-5,8-9H,3H2,1-2H3. The molecule has 0 aromatic heterocycles. The van der Waals surface area contributed by atoms with Crippen molar-refractivity contribution < 1.29 is 71.7 Å². The maximum absolute atomic E-state index is 12.3. The second-order valence-corrected chi connectivity index (χ2v) is 5.84. The molecule has 0 aliphatic rings. The van der Waals surface area contributed by atoms with Crippen LogP contribution in [0.5, 0.6) is 0 Å². The molecular formula is C13H12F12O4. The first-order valence-corrected chi connectivity index (χ1v) is 7.26. The first kappa shape index (κ1) is 27.1. The molecule has 2 atom stereocenters. The third kappa shape index (κ3) is 8.55. The zero-order valence-electron chi connectivity index (χ0n) is 14.2. The molecule has 0 saturated heterocycles. The lowest BCUT2D eigenvalue weighted by atomic mass is 9.97. The average Bonchev–Trinajstić information content (AvgIpc) is 2.44. The van der Waals surface area contributed by atoms with Gasteiger partial charge in [0.05, 0.1) is 11.8 Å². The fourth-order valence-corrected chi connectivity index (χ4v) is 1.83. The minimum Gasteiger partial charge on any atom is -0.443 e. The van der Waals surface area contributed by atoms with Crippen LogP contribution in [-0.2, 0) is 19.1 Å². The SMILES string of the molecule is CC(CC(C)C(=O)OC(C(F)(F)F)C(F)(F)F)C(=O)OC(C(F)(F)F)C(F)(F)F. The molecule has 16 heteroatoms. The number of carbonyl (C=O) groups is 2. The van der Waals surface area contributed by atoms with E-state index in [0.717, 1.165) is 0 Å². The smallest absolute Gasteiger partial charge is 0.434 e. The van der Waals surface area contributed by atoms with Gasteiger partial charge in [0.1, 0.15) is 0 Å². The Morgan fingerprint density at radius 3 is 0.966 bits per heavy atom. The highest BCUT2D eigenvalue weighted by atomic mass is 19.4. The molecule has 2 unspecified atom stereocenters. The number of ether oxygens (including phenoxy) is 2. The van der Waals surface area contributed by atoms with Gasteiger partial charge in [-0.05, 0) is 6.42 Å². The first-order chi connectivity index (χ1) is 12.6. The summed E-state index contributed by atoms with van der Waals surface area (Å²) >= 11 is 0. The number of halogens is 12. The highest BCUT2D eigenvalue weighted by Crippen LogP contribution is 2.38. The second-order valence-electron chi connectivity index (χ2n) is 5.84. The van der Waals surface area contributed by atoms with Crippen LogP contribution in [0.3, 0.4) is 0 Å². The van der Waals surface area contributed by atoms with Crippen LogP contribution < -0.4 is 0 Å². The summed E-state index contributed by atoms with van der Waals surface area (Å²) < 4.78 is 154. The van der Waals surface area contributed by atoms with Gasteiger partial charge in [0.2, 0.25) is 0 Å². The van der Waals surface area contributed by atoms with Crippen molar-refractivity contribution in [2.24, 2.45) is 11.8 Å². The molecule has 0 rings (SSSR count). The van der Waals surface area contributed by atoms with Gasteiger partial charge < -0.3 is 9.47 Å². The molecule has 0 heterocycles. The van der Waals surface area contributed by atoms with Crippen molar-refractivity contribution in [3.63, 3.8) is 0 Å². The summed E-state index contributed by atoms with van der Waals surface area (Å²) in [6.45, 7) is 1.31. The van der Waals surface area contributed by atoms with Crippen molar-refractivity contribution in [2.45, 2.75) is 57.2 Å². The minimum atomic E-state index is -6.04. The fourth-order valence-electron chi connectivity index (χ4n) is 1.83. The highest BCUT2D eigenvalue weighted by molar-refractivity contribution is 5.76. The number of rotatable bonds is 6. The third-order valence-corrected chi connectivity index (χ3v) is 3.17. The Morgan fingerprint density at radius 2 is 0.793 bits per heavy atom. The van der Waals surface area contributed by atoms with E-state index in [4.69, 9.17) is 0 Å². The van der Waals surface area contributed by atoms with Crippen molar-refractivity contribution in [3.05, 3.63) is 0 Å². The molecule has 0 saturated carbocycles. The van der Waals surface area contributed by atoms with E-state index < -0.39 is 67.1 Å². The summed E-state index contributed by atoms with van der Waals surface area (Å²) in [6.07, 6.45) is -34.2. The number of hydrogen-bond donors (Lipinski definition) is 0. The van der Waals surface area contributed by atoms with Crippen molar-refractivity contribution in [1.29, 1.82) is 0 Å². The van der Waals surface area contributed by atoms with E-state index in [1.54, 1.807) is 0 Å². The van der Waals surface area contributed by atoms with Gasteiger partial charge in [-0.25, -0.2) is 0 Å². The van der Waals surface area contributed by atoms with Crippen LogP contribution in [0.25, 0.3) is 0 Å². The van der Waals surface area contributed by atoms with Gasteiger partial charge in [-0.15, -0.1) is 0 Å². The van der Waals surface area contributed by atoms with Gasteiger partial charge in [-0.2, -0.15) is 52.7 Å². The number of carbonyl (C=O) groups excluding carboxylic acids is 2. The van der Waals surface area contributed by atoms with Gasteiger partial charge in [-0.3, -0.25) is 9.59 Å². The zero-order valence-corrected chi connectivity index (χ0v) is 14.2. The Hall–Kier alpha value is -1.90. The van der Waals surface area contributed by atoms with Gasteiger partial charge in [-0.1, -0.05) is 13.8 Å². The molecule has 0 N–H and O–H groups in total. The normalized spacial score (nSPS) is 16.0. The van der Waals surface area contributed by atoms with E-state index in [-0.39, 0.29) is 0 Å². The molecule has 0 aromatic carbocycles. The maximum Gasteiger partial charge on any atom is 0.434 e. The number of hydrogen-bond acceptors (Lipinski definition) is 4. The second kappa shape index (κ2) is 8.85. The molecule has 4 nitrogen and oxygen atoms in total. The molecule has 0 fully saturated rings. The Labute approximate surface area is 154 Å². The van der Waals surface area contributed by atoms with E-state index in [1.807, 2.05) is 0 Å². The van der Waals surface area contributed by atoms with Crippen LogP contribution in [-0.4, -0.2) is 48.9 Å². The summed E-state index contributed by atoms with van der Waals surface area (Å²) in [6, 6.07) is 0. The number of esters is 2. The minimum absolute atomic E-state index is 0.654. The Balaban J connectivity index is 5.14. The van der Waals surface area contributed by atoms with Crippen molar-refractivity contribution in [1.82, 2.24) is 0 Å². The quantitative estimate of drug-likeness (QED) is 0.425. The fraction of sp³-hybridized carbons (Fsp3) is 0.846. The topological polar surface area (TPSA) is 52.6 Å². The maximum atomic E-state index is 12.3. The Morgan fingerprint density at radius 1 is 0.586 bits per heavy atom. The Bertz CT molecular complexity index is 496. The van der Waals surface area contributed by atoms with E-state index in [1.165, 1.54) is 0 Å². The van der Waals surface area contributed by atoms with Crippen LogP contribution in [0.4, 0.5) is 52.7 Å². The van der Waals surface area contributed by atoms with Crippen LogP contribution >= 0.6 is 0 Å². The summed E-state index contributed by atoms with van der Waals surface area (Å²) in [5.41, 5.74) is 0. The van der Waals surface area contributed by atoms with Gasteiger partial charge in [0.15, 0.2) is 0 Å². The molecule has 29 heavy (non-hydrogen) atoms. The van der Waals surface area contributed by atoms with Crippen molar-refractivity contribution in [2.75, 3.05) is 0 Å². The van der Waals surface area contributed by atoms with Crippen LogP contribution in [0.1, 0.15) is 20.3 Å². The molecule has 0 amide bonds. The molecule has 172 valence electrons. The summed E-state index contributed by atoms with van der Waals surface area (Å²) in [5, 5.41) is 0. The van der Waals surface area contributed by atoms with Crippen molar-refractivity contribution >= 4 is 11.9 Å². The first-order valence-electron chi connectivity index (χ1n) is 7.26. The number of alkyl halides is 12. The van der Waals surface area contributed by atoms with E-state index in [9.17, 15) is 62.3 Å². The summed E-state index contributed by atoms with van der Waals surface area (Å²) in [5.74, 6) is -8.13. The van der Waals surface area contributed by atoms with Crippen LogP contribution in [0.2, 0.25) is 0 Å². The van der Waals surface area contributed by atoms with E-state index >= 15 is 0 Å². The predicted molar refractivity (Wildman–Crippen MR) is 66.9 cm³/mol. The van der Waals surface area contributed by atoms with Gasteiger partial charge in [0.25, 0.3) is 12.2 Å². The summed E-state index contributed by atoms with van der Waals surface area (Å²) in [7, 11) is 0. The van der Waals surface area contributed by atoms with Gasteiger partial charge >= 0.3 is 36.6 Å². The molecule has 0 aliphatic heterocycles. The van der Waals surface area contributed by atoms with E-state index in [0.29, 0.717) is 13.8 Å². The van der Waals surface area contributed by atoms with Gasteiger partial charge in [0, 0.05) is 0 Å². The molecule has 0 aromatic rings. The molecule has 0 spiro atoms. The monoisotopic (exact) mass is 460 g/mol. The average molecular weight is 460 g/mol. The highest BCUT2D eigenvalue weighted by Gasteiger charge is 2.61. The van der Waals surface area contributed by atoms with Crippen molar-refractivity contribution in [3.8, 4) is 0 Å². The lowest BCUT2D eigenvalue weighted by Crippen LogP contribution is -2.47. The van der Waals surface area contributed by atoms with Crippen LogP contribution in [0.15, 0.2) is 0 Å². The zero-order chi connectivity index (χ0) is 23.6. The summed E-state index contributed by atoms with van der Waals surface area (Å²) in [4.78, 5) is 22.8. The lowest BCUT2D eigenvalue weighted by molar-refractivity contribution is -0.314. The van der Waals surface area contributed by atoms with Crippen LogP contribution in [0, 0.1) is 11.8 Å². The third-order valence-electron chi connectivity index (χ3n) is 3.17. The molecular weight excluding hydrogens is 448 g/mol. The molecule has 0 radical (unpaired) electrons. The lowest BCUT2D eigenvalue weighted by Gasteiger charge is -2.26. The van der Waals surface area contributed by atoms with E-state index in [2.05, 4.69) is 9.47 Å². The largest absolute Gasteiger partial charge is 0.443 e. The molecule has 0 bridgehead atoms. The molecule has 0 aliphatic carbocycles.